The second kappa shape index (κ2) is 7.82. The number of carbonyl (C=O) groups is 1. The van der Waals surface area contributed by atoms with Gasteiger partial charge in [0.15, 0.2) is 0 Å². The maximum absolute atomic E-state index is 13.0. The van der Waals surface area contributed by atoms with Crippen LogP contribution in [0.2, 0.25) is 0 Å². The molecule has 3 rings (SSSR count). The Balaban J connectivity index is 1.70. The van der Waals surface area contributed by atoms with E-state index in [0.29, 0.717) is 11.3 Å². The van der Waals surface area contributed by atoms with Crippen LogP contribution in [0.1, 0.15) is 38.4 Å². The summed E-state index contributed by atoms with van der Waals surface area (Å²) in [6, 6.07) is 6.68. The Morgan fingerprint density at radius 3 is 2.58 bits per heavy atom. The third-order valence-electron chi connectivity index (χ3n) is 4.54. The smallest absolute Gasteiger partial charge is 0.353 e. The van der Waals surface area contributed by atoms with E-state index in [1.165, 1.54) is 6.07 Å². The van der Waals surface area contributed by atoms with Gasteiger partial charge >= 0.3 is 6.18 Å². The number of carbonyl (C=O) groups excluding carboxylic acids is 1. The molecule has 1 fully saturated rings. The van der Waals surface area contributed by atoms with Crippen LogP contribution in [0.15, 0.2) is 29.3 Å². The van der Waals surface area contributed by atoms with Crippen molar-refractivity contribution in [2.45, 2.75) is 49.9 Å². The number of nitrogens with one attached hydrogen (secondary N) is 1. The highest BCUT2D eigenvalue weighted by atomic mass is 32.2. The summed E-state index contributed by atoms with van der Waals surface area (Å²) in [4.78, 5) is 19.4. The standard InChI is InChI=1S/C18H20F3N3OS/c1-11-6-8-12(9-7-11)22-15(25)10-26-16-13-4-2-3-5-14(13)23-17(24-16)18(19,20)21/h2-5,11-12H,6-10H2,1H3,(H,22,25). The fraction of sp³-hybridized carbons (Fsp3) is 0.500. The molecule has 0 spiro atoms. The highest BCUT2D eigenvalue weighted by molar-refractivity contribution is 8.00. The monoisotopic (exact) mass is 383 g/mol. The van der Waals surface area contributed by atoms with E-state index in [-0.39, 0.29) is 28.2 Å². The average molecular weight is 383 g/mol. The molecule has 4 nitrogen and oxygen atoms in total. The molecule has 1 aromatic carbocycles. The normalized spacial score (nSPS) is 20.9. The molecule has 1 aliphatic carbocycles. The maximum atomic E-state index is 13.0. The van der Waals surface area contributed by atoms with Gasteiger partial charge in [-0.25, -0.2) is 9.97 Å². The maximum Gasteiger partial charge on any atom is 0.451 e. The fourth-order valence-electron chi connectivity index (χ4n) is 3.09. The zero-order valence-corrected chi connectivity index (χ0v) is 15.2. The Hall–Kier alpha value is -1.83. The molecule has 0 unspecified atom stereocenters. The molecular weight excluding hydrogens is 363 g/mol. The van der Waals surface area contributed by atoms with Crippen molar-refractivity contribution in [1.82, 2.24) is 15.3 Å². The van der Waals surface area contributed by atoms with Crippen LogP contribution in [0.5, 0.6) is 0 Å². The molecule has 1 aromatic heterocycles. The van der Waals surface area contributed by atoms with E-state index in [1.807, 2.05) is 0 Å². The number of para-hydroxylation sites is 1. The minimum atomic E-state index is -4.62. The number of hydrogen-bond acceptors (Lipinski definition) is 4. The summed E-state index contributed by atoms with van der Waals surface area (Å²) in [6.45, 7) is 2.20. The molecule has 0 radical (unpaired) electrons. The van der Waals surface area contributed by atoms with Crippen molar-refractivity contribution < 1.29 is 18.0 Å². The van der Waals surface area contributed by atoms with E-state index in [9.17, 15) is 18.0 Å². The highest BCUT2D eigenvalue weighted by Crippen LogP contribution is 2.32. The van der Waals surface area contributed by atoms with Crippen molar-refractivity contribution in [1.29, 1.82) is 0 Å². The number of nitrogens with zero attached hydrogens (tertiary/aromatic N) is 2. The Labute approximate surface area is 154 Å². The van der Waals surface area contributed by atoms with Crippen LogP contribution in [-0.4, -0.2) is 27.7 Å². The molecule has 26 heavy (non-hydrogen) atoms. The lowest BCUT2D eigenvalue weighted by Crippen LogP contribution is -2.38. The van der Waals surface area contributed by atoms with Gasteiger partial charge in [0.25, 0.3) is 0 Å². The summed E-state index contributed by atoms with van der Waals surface area (Å²) < 4.78 is 39.1. The number of halogens is 3. The largest absolute Gasteiger partial charge is 0.451 e. The van der Waals surface area contributed by atoms with Gasteiger partial charge in [-0.3, -0.25) is 4.79 Å². The highest BCUT2D eigenvalue weighted by Gasteiger charge is 2.35. The molecule has 1 heterocycles. The van der Waals surface area contributed by atoms with Crippen molar-refractivity contribution in [3.8, 4) is 0 Å². The molecule has 1 aliphatic rings. The summed E-state index contributed by atoms with van der Waals surface area (Å²) in [5, 5.41) is 3.67. The third kappa shape index (κ3) is 4.66. The van der Waals surface area contributed by atoms with Crippen LogP contribution in [-0.2, 0) is 11.0 Å². The van der Waals surface area contributed by atoms with Gasteiger partial charge in [0, 0.05) is 11.4 Å². The van der Waals surface area contributed by atoms with Crippen molar-refractivity contribution in [3.63, 3.8) is 0 Å². The third-order valence-corrected chi connectivity index (χ3v) is 5.53. The van der Waals surface area contributed by atoms with Gasteiger partial charge in [0.2, 0.25) is 11.7 Å². The molecule has 0 saturated heterocycles. The Morgan fingerprint density at radius 2 is 1.88 bits per heavy atom. The van der Waals surface area contributed by atoms with Crippen LogP contribution in [0.3, 0.4) is 0 Å². The minimum Gasteiger partial charge on any atom is -0.353 e. The zero-order chi connectivity index (χ0) is 18.7. The van der Waals surface area contributed by atoms with Gasteiger partial charge in [0.05, 0.1) is 11.3 Å². The SMILES string of the molecule is CC1CCC(NC(=O)CSc2nc(C(F)(F)F)nc3ccccc23)CC1. The Bertz CT molecular complexity index is 789. The zero-order valence-electron chi connectivity index (χ0n) is 14.3. The molecule has 8 heteroatoms. The van der Waals surface area contributed by atoms with Crippen LogP contribution >= 0.6 is 11.8 Å². The second-order valence-electron chi connectivity index (χ2n) is 6.68. The second-order valence-corrected chi connectivity index (χ2v) is 7.64. The molecule has 1 amide bonds. The lowest BCUT2D eigenvalue weighted by Gasteiger charge is -2.26. The van der Waals surface area contributed by atoms with E-state index in [0.717, 1.165) is 37.4 Å². The van der Waals surface area contributed by atoms with Gasteiger partial charge in [-0.05, 0) is 37.7 Å². The van der Waals surface area contributed by atoms with Gasteiger partial charge in [-0.15, -0.1) is 0 Å². The first-order valence-electron chi connectivity index (χ1n) is 8.59. The first kappa shape index (κ1) is 18.9. The number of amides is 1. The fourth-order valence-corrected chi connectivity index (χ4v) is 3.92. The van der Waals surface area contributed by atoms with E-state index in [2.05, 4.69) is 22.2 Å². The van der Waals surface area contributed by atoms with Crippen LogP contribution in [0.4, 0.5) is 13.2 Å². The van der Waals surface area contributed by atoms with E-state index < -0.39 is 12.0 Å². The van der Waals surface area contributed by atoms with Crippen LogP contribution in [0, 0.1) is 5.92 Å². The molecule has 0 atom stereocenters. The van der Waals surface area contributed by atoms with Gasteiger partial charge < -0.3 is 5.32 Å². The van der Waals surface area contributed by atoms with Crippen molar-refractivity contribution >= 4 is 28.6 Å². The molecule has 1 N–H and O–H groups in total. The van der Waals surface area contributed by atoms with Crippen molar-refractivity contribution in [2.75, 3.05) is 5.75 Å². The number of benzene rings is 1. The average Bonchev–Trinajstić information content (AvgIpc) is 2.60. The van der Waals surface area contributed by atoms with E-state index in [4.69, 9.17) is 0 Å². The number of rotatable bonds is 4. The Kier molecular flexibility index (Phi) is 5.70. The topological polar surface area (TPSA) is 54.9 Å². The summed E-state index contributed by atoms with van der Waals surface area (Å²) in [5.74, 6) is -0.637. The number of alkyl halides is 3. The molecular formula is C18H20F3N3OS. The van der Waals surface area contributed by atoms with Gasteiger partial charge in [-0.2, -0.15) is 13.2 Å². The van der Waals surface area contributed by atoms with Gasteiger partial charge in [-0.1, -0.05) is 36.9 Å². The van der Waals surface area contributed by atoms with Crippen LogP contribution < -0.4 is 5.32 Å². The Morgan fingerprint density at radius 1 is 1.19 bits per heavy atom. The summed E-state index contributed by atoms with van der Waals surface area (Å²) in [6.07, 6.45) is -0.550. The van der Waals surface area contributed by atoms with Gasteiger partial charge in [0.1, 0.15) is 5.03 Å². The number of thioether (sulfide) groups is 1. The quantitative estimate of drug-likeness (QED) is 0.627. The van der Waals surface area contributed by atoms with E-state index in [1.54, 1.807) is 18.2 Å². The van der Waals surface area contributed by atoms with Crippen molar-refractivity contribution in [3.05, 3.63) is 30.1 Å². The summed E-state index contributed by atoms with van der Waals surface area (Å²) >= 11 is 1.01. The molecule has 2 aromatic rings. The summed E-state index contributed by atoms with van der Waals surface area (Å²) in [7, 11) is 0. The molecule has 140 valence electrons. The minimum absolute atomic E-state index is 0.0321. The first-order chi connectivity index (χ1) is 12.3. The predicted octanol–water partition coefficient (Wildman–Crippen LogP) is 4.44. The van der Waals surface area contributed by atoms with E-state index >= 15 is 0 Å². The lowest BCUT2D eigenvalue weighted by atomic mass is 9.87. The van der Waals surface area contributed by atoms with Crippen LogP contribution in [0.25, 0.3) is 10.9 Å². The number of aromatic nitrogens is 2. The molecule has 0 bridgehead atoms. The molecule has 0 aliphatic heterocycles. The predicted molar refractivity (Wildman–Crippen MR) is 94.8 cm³/mol. The number of hydrogen-bond donors (Lipinski definition) is 1. The lowest BCUT2D eigenvalue weighted by molar-refractivity contribution is -0.145. The first-order valence-corrected chi connectivity index (χ1v) is 9.57. The molecule has 1 saturated carbocycles. The summed E-state index contributed by atoms with van der Waals surface area (Å²) in [5.41, 5.74) is 0.221. The van der Waals surface area contributed by atoms with Crippen molar-refractivity contribution in [2.24, 2.45) is 5.92 Å². The number of fused-ring (bicyclic) bond motifs is 1.